The van der Waals surface area contributed by atoms with Gasteiger partial charge in [-0.05, 0) is 18.6 Å². The fraction of sp³-hybridized carbons (Fsp3) is 0.750. The lowest BCUT2D eigenvalue weighted by molar-refractivity contribution is 0.167. The summed E-state index contributed by atoms with van der Waals surface area (Å²) in [6.45, 7) is 5.62. The van der Waals surface area contributed by atoms with Crippen LogP contribution in [0.4, 0.5) is 0 Å². The maximum atomic E-state index is 9.12. The molecule has 1 atom stereocenters. The Bertz CT molecular complexity index is 83.3. The molecule has 60 valence electrons. The largest absolute Gasteiger partial charge is 0.393 e. The summed E-state index contributed by atoms with van der Waals surface area (Å²) in [5.41, 5.74) is 0. The van der Waals surface area contributed by atoms with Crippen molar-refractivity contribution in [2.24, 2.45) is 0 Å². The number of thioether (sulfide) groups is 1. The van der Waals surface area contributed by atoms with Gasteiger partial charge in [0, 0.05) is 5.75 Å². The molecule has 0 aromatic heterocycles. The van der Waals surface area contributed by atoms with Crippen LogP contribution >= 0.6 is 11.8 Å². The van der Waals surface area contributed by atoms with E-state index in [4.69, 9.17) is 5.11 Å². The number of aliphatic hydroxyl groups is 1. The van der Waals surface area contributed by atoms with Crippen molar-refractivity contribution < 1.29 is 5.11 Å². The summed E-state index contributed by atoms with van der Waals surface area (Å²) >= 11 is 1.82. The van der Waals surface area contributed by atoms with Crippen molar-refractivity contribution in [1.29, 1.82) is 0 Å². The van der Waals surface area contributed by atoms with Crippen molar-refractivity contribution in [1.82, 2.24) is 0 Å². The van der Waals surface area contributed by atoms with E-state index in [1.54, 1.807) is 0 Å². The molecule has 1 N–H and O–H groups in total. The van der Waals surface area contributed by atoms with Crippen molar-refractivity contribution in [3.63, 3.8) is 0 Å². The van der Waals surface area contributed by atoms with Gasteiger partial charge in [0.2, 0.25) is 0 Å². The van der Waals surface area contributed by atoms with Gasteiger partial charge in [0.15, 0.2) is 0 Å². The van der Waals surface area contributed by atoms with E-state index in [9.17, 15) is 0 Å². The summed E-state index contributed by atoms with van der Waals surface area (Å²) in [6, 6.07) is 0. The molecule has 10 heavy (non-hydrogen) atoms. The van der Waals surface area contributed by atoms with E-state index in [1.807, 2.05) is 24.8 Å². The minimum Gasteiger partial charge on any atom is -0.393 e. The quantitative estimate of drug-likeness (QED) is 0.474. The summed E-state index contributed by atoms with van der Waals surface area (Å²) in [7, 11) is 0. The Labute approximate surface area is 67.5 Å². The number of rotatable bonds is 6. The van der Waals surface area contributed by atoms with E-state index in [2.05, 4.69) is 6.58 Å². The summed E-state index contributed by atoms with van der Waals surface area (Å²) in [4.78, 5) is 0. The van der Waals surface area contributed by atoms with Crippen LogP contribution in [-0.2, 0) is 0 Å². The molecule has 0 rings (SSSR count). The van der Waals surface area contributed by atoms with Gasteiger partial charge < -0.3 is 5.11 Å². The molecule has 0 aliphatic heterocycles. The van der Waals surface area contributed by atoms with Crippen LogP contribution in [0.2, 0.25) is 0 Å². The van der Waals surface area contributed by atoms with Gasteiger partial charge in [-0.15, -0.1) is 6.58 Å². The van der Waals surface area contributed by atoms with Crippen molar-refractivity contribution in [3.8, 4) is 0 Å². The molecule has 0 aromatic carbocycles. The summed E-state index contributed by atoms with van der Waals surface area (Å²) in [6.07, 6.45) is 3.57. The molecule has 0 amide bonds. The molecule has 0 aliphatic carbocycles. The molecule has 1 nitrogen and oxygen atoms in total. The Morgan fingerprint density at radius 1 is 1.70 bits per heavy atom. The first kappa shape index (κ1) is 10.0. The first-order chi connectivity index (χ1) is 4.81. The molecule has 0 unspecified atom stereocenters. The molecule has 0 aromatic rings. The van der Waals surface area contributed by atoms with E-state index in [1.165, 1.54) is 0 Å². The molecular weight excluding hydrogens is 144 g/mol. The van der Waals surface area contributed by atoms with E-state index in [0.717, 1.165) is 24.3 Å². The predicted molar refractivity (Wildman–Crippen MR) is 48.4 cm³/mol. The standard InChI is InChI=1S/C8H16OS/c1-3-6-10-7-5-8(9)4-2/h3,8-9H,1,4-7H2,2H3/t8-/m1/s1. The Morgan fingerprint density at radius 2 is 2.40 bits per heavy atom. The van der Waals surface area contributed by atoms with E-state index < -0.39 is 0 Å². The lowest BCUT2D eigenvalue weighted by Gasteiger charge is -2.04. The lowest BCUT2D eigenvalue weighted by Crippen LogP contribution is -2.05. The summed E-state index contributed by atoms with van der Waals surface area (Å²) in [5, 5.41) is 9.12. The maximum absolute atomic E-state index is 9.12. The molecule has 0 aliphatic rings. The third-order valence-corrected chi connectivity index (χ3v) is 2.30. The minimum atomic E-state index is -0.0997. The van der Waals surface area contributed by atoms with Crippen LogP contribution in [0.15, 0.2) is 12.7 Å². The number of aliphatic hydroxyl groups excluding tert-OH is 1. The highest BCUT2D eigenvalue weighted by Crippen LogP contribution is 2.06. The molecule has 2 heteroatoms. The molecule has 0 spiro atoms. The second-order valence-corrected chi connectivity index (χ2v) is 3.36. The third kappa shape index (κ3) is 6.17. The molecule has 0 heterocycles. The topological polar surface area (TPSA) is 20.2 Å². The predicted octanol–water partition coefficient (Wildman–Crippen LogP) is 2.07. The van der Waals surface area contributed by atoms with Gasteiger partial charge in [0.25, 0.3) is 0 Å². The zero-order valence-electron chi connectivity index (χ0n) is 6.55. The highest BCUT2D eigenvalue weighted by atomic mass is 32.2. The molecule has 0 saturated heterocycles. The van der Waals surface area contributed by atoms with Crippen molar-refractivity contribution in [3.05, 3.63) is 12.7 Å². The van der Waals surface area contributed by atoms with Crippen LogP contribution in [0.3, 0.4) is 0 Å². The van der Waals surface area contributed by atoms with Gasteiger partial charge in [-0.1, -0.05) is 13.0 Å². The zero-order valence-corrected chi connectivity index (χ0v) is 7.36. The third-order valence-electron chi connectivity index (χ3n) is 1.30. The Kier molecular flexibility index (Phi) is 7.20. The van der Waals surface area contributed by atoms with Gasteiger partial charge in [0.1, 0.15) is 0 Å². The maximum Gasteiger partial charge on any atom is 0.0545 e. The van der Waals surface area contributed by atoms with Crippen LogP contribution in [0, 0.1) is 0 Å². The molecule has 0 radical (unpaired) electrons. The van der Waals surface area contributed by atoms with E-state index in [0.29, 0.717) is 0 Å². The Morgan fingerprint density at radius 3 is 2.90 bits per heavy atom. The monoisotopic (exact) mass is 160 g/mol. The summed E-state index contributed by atoms with van der Waals surface area (Å²) < 4.78 is 0. The molecular formula is C8H16OS. The molecule has 0 fully saturated rings. The second-order valence-electron chi connectivity index (χ2n) is 2.21. The SMILES string of the molecule is C=CCSCC[C@H](O)CC. The average molecular weight is 160 g/mol. The highest BCUT2D eigenvalue weighted by molar-refractivity contribution is 7.99. The van der Waals surface area contributed by atoms with Gasteiger partial charge >= 0.3 is 0 Å². The van der Waals surface area contributed by atoms with Gasteiger partial charge in [0.05, 0.1) is 6.10 Å². The van der Waals surface area contributed by atoms with Gasteiger partial charge in [-0.3, -0.25) is 0 Å². The van der Waals surface area contributed by atoms with Gasteiger partial charge in [-0.25, -0.2) is 0 Å². The fourth-order valence-corrected chi connectivity index (χ4v) is 1.36. The Balaban J connectivity index is 2.95. The van der Waals surface area contributed by atoms with Crippen molar-refractivity contribution in [2.75, 3.05) is 11.5 Å². The van der Waals surface area contributed by atoms with Crippen LogP contribution in [0.5, 0.6) is 0 Å². The van der Waals surface area contributed by atoms with Crippen LogP contribution < -0.4 is 0 Å². The van der Waals surface area contributed by atoms with Gasteiger partial charge in [-0.2, -0.15) is 11.8 Å². The van der Waals surface area contributed by atoms with Crippen molar-refractivity contribution >= 4 is 11.8 Å². The fourth-order valence-electron chi connectivity index (χ4n) is 0.590. The highest BCUT2D eigenvalue weighted by Gasteiger charge is 1.98. The van der Waals surface area contributed by atoms with Crippen LogP contribution in [0.1, 0.15) is 19.8 Å². The first-order valence-electron chi connectivity index (χ1n) is 3.68. The zero-order chi connectivity index (χ0) is 7.82. The molecule has 0 saturated carbocycles. The first-order valence-corrected chi connectivity index (χ1v) is 4.83. The van der Waals surface area contributed by atoms with E-state index in [-0.39, 0.29) is 6.10 Å². The number of hydrogen-bond acceptors (Lipinski definition) is 2. The van der Waals surface area contributed by atoms with Crippen LogP contribution in [0.25, 0.3) is 0 Å². The van der Waals surface area contributed by atoms with E-state index >= 15 is 0 Å². The van der Waals surface area contributed by atoms with Crippen molar-refractivity contribution in [2.45, 2.75) is 25.9 Å². The average Bonchev–Trinajstić information content (AvgIpc) is 1.98. The minimum absolute atomic E-state index is 0.0997. The normalized spacial score (nSPS) is 13.0. The summed E-state index contributed by atoms with van der Waals surface area (Å²) in [5.74, 6) is 2.04. The lowest BCUT2D eigenvalue weighted by atomic mass is 10.2. The second kappa shape index (κ2) is 7.16. The number of hydrogen-bond donors (Lipinski definition) is 1. The molecule has 0 bridgehead atoms. The van der Waals surface area contributed by atoms with Crippen LogP contribution in [-0.4, -0.2) is 22.7 Å². The Hall–Kier alpha value is 0.0500. The smallest absolute Gasteiger partial charge is 0.0545 e.